The summed E-state index contributed by atoms with van der Waals surface area (Å²) in [5.41, 5.74) is -0.0357. The summed E-state index contributed by atoms with van der Waals surface area (Å²) in [6.07, 6.45) is 9.92. The van der Waals surface area contributed by atoms with Crippen LogP contribution in [0.2, 0.25) is 0 Å². The molecule has 1 aromatic rings. The van der Waals surface area contributed by atoms with E-state index in [1.807, 2.05) is 12.4 Å². The highest BCUT2D eigenvalue weighted by Crippen LogP contribution is 2.45. The van der Waals surface area contributed by atoms with Crippen molar-refractivity contribution in [2.45, 2.75) is 57.6 Å². The summed E-state index contributed by atoms with van der Waals surface area (Å²) in [6, 6.07) is 0. The number of likely N-dealkylation sites (tertiary alicyclic amines) is 1. The van der Waals surface area contributed by atoms with E-state index >= 15 is 0 Å². The molecule has 2 N–H and O–H groups in total. The third-order valence-electron chi connectivity index (χ3n) is 6.37. The normalized spacial score (nSPS) is 29.7. The molecule has 0 bridgehead atoms. The molecule has 2 atom stereocenters. The van der Waals surface area contributed by atoms with Gasteiger partial charge in [0.2, 0.25) is 5.95 Å². The van der Waals surface area contributed by atoms with E-state index in [-0.39, 0.29) is 0 Å². The second-order valence-corrected chi connectivity index (χ2v) is 8.56. The average molecular weight is 374 g/mol. The van der Waals surface area contributed by atoms with Gasteiger partial charge in [0.15, 0.2) is 0 Å². The summed E-state index contributed by atoms with van der Waals surface area (Å²) in [5, 5.41) is 20.4. The van der Waals surface area contributed by atoms with Gasteiger partial charge in [0, 0.05) is 50.7 Å². The Bertz CT molecular complexity index is 658. The van der Waals surface area contributed by atoms with Crippen LogP contribution >= 0.6 is 0 Å². The molecule has 0 amide bonds. The highest BCUT2D eigenvalue weighted by Gasteiger charge is 2.51. The molecule has 1 saturated carbocycles. The Morgan fingerprint density at radius 1 is 1.11 bits per heavy atom. The monoisotopic (exact) mass is 374 g/mol. The number of aliphatic hydroxyl groups is 1. The van der Waals surface area contributed by atoms with E-state index < -0.39 is 17.5 Å². The number of aromatic nitrogens is 2. The predicted molar refractivity (Wildman–Crippen MR) is 101 cm³/mol. The fraction of sp³-hybridized carbons (Fsp3) is 0.750. The lowest BCUT2D eigenvalue weighted by atomic mass is 9.73. The fourth-order valence-corrected chi connectivity index (χ4v) is 4.58. The van der Waals surface area contributed by atoms with E-state index in [4.69, 9.17) is 0 Å². The summed E-state index contributed by atoms with van der Waals surface area (Å²) in [6.45, 7) is 3.77. The van der Waals surface area contributed by atoms with E-state index in [9.17, 15) is 15.0 Å². The lowest BCUT2D eigenvalue weighted by molar-refractivity contribution is -0.165. The zero-order chi connectivity index (χ0) is 18.9. The maximum absolute atomic E-state index is 12.1. The van der Waals surface area contributed by atoms with Gasteiger partial charge in [-0.2, -0.15) is 0 Å². The van der Waals surface area contributed by atoms with Gasteiger partial charge >= 0.3 is 5.97 Å². The molecule has 3 fully saturated rings. The summed E-state index contributed by atoms with van der Waals surface area (Å²) in [4.78, 5) is 25.5. The average Bonchev–Trinajstić information content (AvgIpc) is 3.49. The van der Waals surface area contributed by atoms with Crippen LogP contribution in [0.5, 0.6) is 0 Å². The van der Waals surface area contributed by atoms with Gasteiger partial charge < -0.3 is 15.1 Å². The third kappa shape index (κ3) is 4.09. The number of hydrogen-bond donors (Lipinski definition) is 2. The number of carboxylic acid groups (broad SMARTS) is 1. The maximum Gasteiger partial charge on any atom is 0.313 e. The second-order valence-electron chi connectivity index (χ2n) is 8.56. The van der Waals surface area contributed by atoms with Crippen molar-refractivity contribution in [3.63, 3.8) is 0 Å². The number of carboxylic acids is 1. The first-order chi connectivity index (χ1) is 13.1. The van der Waals surface area contributed by atoms with Crippen LogP contribution in [0, 0.1) is 11.3 Å². The molecule has 2 aliphatic heterocycles. The molecule has 1 aromatic heterocycles. The highest BCUT2D eigenvalue weighted by molar-refractivity contribution is 5.76. The number of nitrogens with zero attached hydrogens (tertiary/aromatic N) is 4. The standard InChI is InChI=1S/C20H30N4O3/c25-17-6-9-23(14-20(17,18(26)27)10-15-4-5-15)13-16-11-21-19(22-12-16)24-7-2-1-3-8-24/h11-12,15,17,25H,1-10,13-14H2,(H,26,27)/t17-,20-/m1/s1. The first-order valence-corrected chi connectivity index (χ1v) is 10.3. The topological polar surface area (TPSA) is 89.8 Å². The van der Waals surface area contributed by atoms with Crippen LogP contribution in [0.25, 0.3) is 0 Å². The molecule has 7 nitrogen and oxygen atoms in total. The van der Waals surface area contributed by atoms with Crippen LogP contribution in [0.15, 0.2) is 12.4 Å². The molecule has 4 rings (SSSR count). The first-order valence-electron chi connectivity index (χ1n) is 10.3. The molecule has 2 saturated heterocycles. The molecular weight excluding hydrogens is 344 g/mol. The number of piperidine rings is 2. The van der Waals surface area contributed by atoms with Gasteiger partial charge in [-0.3, -0.25) is 9.69 Å². The quantitative estimate of drug-likeness (QED) is 0.786. The first kappa shape index (κ1) is 18.6. The van der Waals surface area contributed by atoms with Crippen molar-refractivity contribution in [3.05, 3.63) is 18.0 Å². The third-order valence-corrected chi connectivity index (χ3v) is 6.37. The van der Waals surface area contributed by atoms with Gasteiger partial charge in [-0.25, -0.2) is 9.97 Å². The van der Waals surface area contributed by atoms with Crippen LogP contribution in [-0.4, -0.2) is 63.3 Å². The van der Waals surface area contributed by atoms with Gasteiger partial charge in [0.1, 0.15) is 5.41 Å². The number of carbonyl (C=O) groups is 1. The van der Waals surface area contributed by atoms with Crippen LogP contribution in [0.1, 0.15) is 50.5 Å². The molecular formula is C20H30N4O3. The van der Waals surface area contributed by atoms with Gasteiger partial charge in [-0.15, -0.1) is 0 Å². The Kier molecular flexibility index (Phi) is 5.32. The molecule has 27 heavy (non-hydrogen) atoms. The van der Waals surface area contributed by atoms with Crippen molar-refractivity contribution in [2.75, 3.05) is 31.1 Å². The minimum absolute atomic E-state index is 0.397. The maximum atomic E-state index is 12.1. The summed E-state index contributed by atoms with van der Waals surface area (Å²) < 4.78 is 0. The Balaban J connectivity index is 1.41. The lowest BCUT2D eigenvalue weighted by Crippen LogP contribution is -2.56. The molecule has 1 aliphatic carbocycles. The Hall–Kier alpha value is -1.73. The summed E-state index contributed by atoms with van der Waals surface area (Å²) in [5.74, 6) is 0.396. The Morgan fingerprint density at radius 3 is 2.44 bits per heavy atom. The van der Waals surface area contributed by atoms with Crippen molar-refractivity contribution in [3.8, 4) is 0 Å². The number of aliphatic carboxylic acids is 1. The van der Waals surface area contributed by atoms with Gasteiger partial charge in [-0.05, 0) is 38.0 Å². The van der Waals surface area contributed by atoms with Gasteiger partial charge in [0.25, 0.3) is 0 Å². The smallest absolute Gasteiger partial charge is 0.313 e. The molecule has 0 unspecified atom stereocenters. The van der Waals surface area contributed by atoms with E-state index in [1.165, 1.54) is 19.3 Å². The summed E-state index contributed by atoms with van der Waals surface area (Å²) in [7, 11) is 0. The van der Waals surface area contributed by atoms with Crippen molar-refractivity contribution in [1.82, 2.24) is 14.9 Å². The molecule has 7 heteroatoms. The van der Waals surface area contributed by atoms with Crippen molar-refractivity contribution >= 4 is 11.9 Å². The van der Waals surface area contributed by atoms with Crippen LogP contribution in [-0.2, 0) is 11.3 Å². The van der Waals surface area contributed by atoms with Crippen LogP contribution in [0.4, 0.5) is 5.95 Å². The zero-order valence-electron chi connectivity index (χ0n) is 15.9. The molecule has 3 aliphatic rings. The summed E-state index contributed by atoms with van der Waals surface area (Å²) >= 11 is 0. The SMILES string of the molecule is O=C(O)[C@]1(CC2CC2)CN(Cc2cnc(N3CCCCC3)nc2)CC[C@H]1O. The Labute approximate surface area is 160 Å². The molecule has 148 valence electrons. The lowest BCUT2D eigenvalue weighted by Gasteiger charge is -2.43. The predicted octanol–water partition coefficient (Wildman–Crippen LogP) is 1.90. The molecule has 0 radical (unpaired) electrons. The largest absolute Gasteiger partial charge is 0.481 e. The number of hydrogen-bond acceptors (Lipinski definition) is 6. The van der Waals surface area contributed by atoms with Gasteiger partial charge in [0.05, 0.1) is 6.10 Å². The Morgan fingerprint density at radius 2 is 1.81 bits per heavy atom. The molecule has 3 heterocycles. The highest BCUT2D eigenvalue weighted by atomic mass is 16.4. The van der Waals surface area contributed by atoms with Crippen LogP contribution < -0.4 is 4.90 Å². The van der Waals surface area contributed by atoms with Crippen molar-refractivity contribution in [2.24, 2.45) is 11.3 Å². The van der Waals surface area contributed by atoms with Gasteiger partial charge in [-0.1, -0.05) is 12.8 Å². The minimum Gasteiger partial charge on any atom is -0.481 e. The van der Waals surface area contributed by atoms with E-state index in [2.05, 4.69) is 19.8 Å². The van der Waals surface area contributed by atoms with Crippen molar-refractivity contribution < 1.29 is 15.0 Å². The van der Waals surface area contributed by atoms with E-state index in [0.29, 0.717) is 38.4 Å². The zero-order valence-corrected chi connectivity index (χ0v) is 15.9. The minimum atomic E-state index is -1.03. The van der Waals surface area contributed by atoms with E-state index in [0.717, 1.165) is 37.4 Å². The number of aliphatic hydroxyl groups excluding tert-OH is 1. The van der Waals surface area contributed by atoms with E-state index in [1.54, 1.807) is 0 Å². The van der Waals surface area contributed by atoms with Crippen LogP contribution in [0.3, 0.4) is 0 Å². The second kappa shape index (κ2) is 7.72. The number of anilines is 1. The molecule has 0 aromatic carbocycles. The molecule has 0 spiro atoms. The van der Waals surface area contributed by atoms with Crippen molar-refractivity contribution in [1.29, 1.82) is 0 Å². The fourth-order valence-electron chi connectivity index (χ4n) is 4.58. The number of rotatable bonds is 6.